The van der Waals surface area contributed by atoms with Crippen molar-refractivity contribution in [1.29, 1.82) is 0 Å². The second kappa shape index (κ2) is 5.53. The summed E-state index contributed by atoms with van der Waals surface area (Å²) in [5.74, 6) is 0.290. The number of nitro benzene ring substituents is 1. The van der Waals surface area contributed by atoms with Gasteiger partial charge >= 0.3 is 0 Å². The fourth-order valence-electron chi connectivity index (χ4n) is 1.40. The van der Waals surface area contributed by atoms with Crippen LogP contribution in [-0.4, -0.2) is 20.0 Å². The summed E-state index contributed by atoms with van der Waals surface area (Å²) in [6, 6.07) is 6.75. The lowest BCUT2D eigenvalue weighted by Crippen LogP contribution is -2.02. The molecule has 1 heterocycles. The van der Waals surface area contributed by atoms with Gasteiger partial charge in [0.2, 0.25) is 5.12 Å². The van der Waals surface area contributed by atoms with Crippen LogP contribution in [0, 0.1) is 10.1 Å². The van der Waals surface area contributed by atoms with Gasteiger partial charge in [0.05, 0.1) is 4.92 Å². The minimum atomic E-state index is -0.573. The van der Waals surface area contributed by atoms with Crippen LogP contribution in [0.4, 0.5) is 17.3 Å². The first-order valence-electron chi connectivity index (χ1n) is 5.32. The molecule has 0 aliphatic carbocycles. The molecule has 0 saturated heterocycles. The first-order chi connectivity index (χ1) is 9.45. The molecule has 0 bridgehead atoms. The lowest BCUT2D eigenvalue weighted by Gasteiger charge is -2.02. The number of nitrogens with zero attached hydrogens (tertiary/aromatic N) is 3. The van der Waals surface area contributed by atoms with Crippen molar-refractivity contribution in [3.8, 4) is 0 Å². The van der Waals surface area contributed by atoms with Gasteiger partial charge in [-0.2, -0.15) is 0 Å². The second-order valence-corrected chi connectivity index (χ2v) is 4.64. The first-order valence-corrected chi connectivity index (χ1v) is 6.14. The van der Waals surface area contributed by atoms with Crippen molar-refractivity contribution < 1.29 is 9.72 Å². The van der Waals surface area contributed by atoms with E-state index >= 15 is 0 Å². The Hall–Kier alpha value is -2.68. The van der Waals surface area contributed by atoms with E-state index in [4.69, 9.17) is 11.5 Å². The smallest absolute Gasteiger partial charge is 0.270 e. The van der Waals surface area contributed by atoms with Gasteiger partial charge in [-0.05, 0) is 17.8 Å². The predicted molar refractivity (Wildman–Crippen MR) is 74.1 cm³/mol. The largest absolute Gasteiger partial charge is 0.383 e. The highest BCUT2D eigenvalue weighted by Gasteiger charge is 2.14. The Bertz CT molecular complexity index is 671. The molecule has 0 saturated carbocycles. The number of rotatable bonds is 3. The molecule has 2 rings (SSSR count). The van der Waals surface area contributed by atoms with E-state index in [-0.39, 0.29) is 28.0 Å². The highest BCUT2D eigenvalue weighted by Crippen LogP contribution is 2.23. The topological polar surface area (TPSA) is 138 Å². The van der Waals surface area contributed by atoms with Crippen LogP contribution in [0.1, 0.15) is 10.4 Å². The number of carbonyl (C=O) groups excluding carboxylic acids is 1. The summed E-state index contributed by atoms with van der Waals surface area (Å²) in [6.07, 6.45) is 0. The van der Waals surface area contributed by atoms with Crippen molar-refractivity contribution in [3.63, 3.8) is 0 Å². The van der Waals surface area contributed by atoms with Crippen LogP contribution in [0.2, 0.25) is 0 Å². The Morgan fingerprint density at radius 3 is 2.45 bits per heavy atom. The van der Waals surface area contributed by atoms with Crippen molar-refractivity contribution in [1.82, 2.24) is 9.97 Å². The Morgan fingerprint density at radius 2 is 1.85 bits per heavy atom. The van der Waals surface area contributed by atoms with Crippen molar-refractivity contribution in [2.45, 2.75) is 5.16 Å². The van der Waals surface area contributed by atoms with E-state index in [1.165, 1.54) is 30.3 Å². The zero-order valence-corrected chi connectivity index (χ0v) is 10.8. The Balaban J connectivity index is 2.23. The Labute approximate surface area is 117 Å². The number of hydrogen-bond donors (Lipinski definition) is 2. The highest BCUT2D eigenvalue weighted by molar-refractivity contribution is 8.14. The third kappa shape index (κ3) is 3.20. The van der Waals surface area contributed by atoms with Crippen LogP contribution >= 0.6 is 11.8 Å². The third-order valence-corrected chi connectivity index (χ3v) is 3.01. The molecule has 8 nitrogen and oxygen atoms in total. The summed E-state index contributed by atoms with van der Waals surface area (Å²) < 4.78 is 0. The summed E-state index contributed by atoms with van der Waals surface area (Å²) >= 11 is 0.702. The highest BCUT2D eigenvalue weighted by atomic mass is 32.2. The van der Waals surface area contributed by atoms with E-state index < -0.39 is 10.0 Å². The SMILES string of the molecule is Nc1cc(N)nc(SC(=O)c2cccc([N+](=O)[O-])c2)n1. The number of aromatic nitrogens is 2. The second-order valence-electron chi connectivity index (χ2n) is 3.70. The minimum Gasteiger partial charge on any atom is -0.383 e. The summed E-state index contributed by atoms with van der Waals surface area (Å²) in [6.45, 7) is 0. The monoisotopic (exact) mass is 291 g/mol. The molecule has 1 aromatic carbocycles. The van der Waals surface area contributed by atoms with Crippen LogP contribution in [0.15, 0.2) is 35.5 Å². The lowest BCUT2D eigenvalue weighted by atomic mass is 10.2. The number of non-ortho nitro benzene ring substituents is 1. The van der Waals surface area contributed by atoms with Crippen LogP contribution in [0.25, 0.3) is 0 Å². The van der Waals surface area contributed by atoms with Gasteiger partial charge in [-0.1, -0.05) is 6.07 Å². The van der Waals surface area contributed by atoms with Crippen LogP contribution in [0.3, 0.4) is 0 Å². The van der Waals surface area contributed by atoms with Gasteiger partial charge in [0.1, 0.15) is 11.6 Å². The van der Waals surface area contributed by atoms with Gasteiger partial charge in [0.25, 0.3) is 5.69 Å². The lowest BCUT2D eigenvalue weighted by molar-refractivity contribution is -0.384. The maximum atomic E-state index is 12.0. The normalized spacial score (nSPS) is 10.2. The van der Waals surface area contributed by atoms with Crippen molar-refractivity contribution >= 4 is 34.2 Å². The molecule has 20 heavy (non-hydrogen) atoms. The van der Waals surface area contributed by atoms with Crippen LogP contribution < -0.4 is 11.5 Å². The molecule has 1 aromatic heterocycles. The average molecular weight is 291 g/mol. The van der Waals surface area contributed by atoms with Gasteiger partial charge in [0, 0.05) is 23.8 Å². The molecule has 9 heteroatoms. The van der Waals surface area contributed by atoms with Crippen LogP contribution in [0.5, 0.6) is 0 Å². The Morgan fingerprint density at radius 1 is 1.20 bits per heavy atom. The molecule has 0 unspecified atom stereocenters. The molecule has 0 amide bonds. The number of anilines is 2. The number of nitrogens with two attached hydrogens (primary N) is 2. The van der Waals surface area contributed by atoms with Gasteiger partial charge in [-0.3, -0.25) is 14.9 Å². The number of nitrogen functional groups attached to an aromatic ring is 2. The molecule has 0 aliphatic rings. The molecule has 102 valence electrons. The molecule has 4 N–H and O–H groups in total. The van der Waals surface area contributed by atoms with E-state index in [2.05, 4.69) is 9.97 Å². The minimum absolute atomic E-state index is 0.0963. The number of nitro groups is 1. The number of thioether (sulfide) groups is 1. The molecule has 0 atom stereocenters. The van der Waals surface area contributed by atoms with Gasteiger partial charge in [-0.25, -0.2) is 9.97 Å². The quantitative estimate of drug-likeness (QED) is 0.375. The fraction of sp³-hybridized carbons (Fsp3) is 0. The van der Waals surface area contributed by atoms with E-state index in [0.717, 1.165) is 0 Å². The Kier molecular flexibility index (Phi) is 3.80. The average Bonchev–Trinajstić information content (AvgIpc) is 2.37. The van der Waals surface area contributed by atoms with E-state index in [1.807, 2.05) is 0 Å². The molecule has 0 spiro atoms. The maximum absolute atomic E-state index is 12.0. The zero-order valence-electron chi connectivity index (χ0n) is 10.0. The van der Waals surface area contributed by atoms with Gasteiger partial charge in [-0.15, -0.1) is 0 Å². The van der Waals surface area contributed by atoms with Crippen molar-refractivity contribution in [2.24, 2.45) is 0 Å². The molecular formula is C11H9N5O3S. The maximum Gasteiger partial charge on any atom is 0.270 e. The van der Waals surface area contributed by atoms with E-state index in [9.17, 15) is 14.9 Å². The molecule has 0 aliphatic heterocycles. The van der Waals surface area contributed by atoms with Crippen LogP contribution in [-0.2, 0) is 0 Å². The van der Waals surface area contributed by atoms with E-state index in [0.29, 0.717) is 11.8 Å². The molecule has 0 fully saturated rings. The predicted octanol–water partition coefficient (Wildman–Crippen LogP) is 1.48. The first kappa shape index (κ1) is 13.7. The number of benzene rings is 1. The zero-order chi connectivity index (χ0) is 14.7. The van der Waals surface area contributed by atoms with Gasteiger partial charge in [0.15, 0.2) is 5.16 Å². The summed E-state index contributed by atoms with van der Waals surface area (Å²) in [5, 5.41) is 10.3. The summed E-state index contributed by atoms with van der Waals surface area (Å²) in [5.41, 5.74) is 11.0. The fourth-order valence-corrected chi connectivity index (χ4v) is 2.11. The third-order valence-electron chi connectivity index (χ3n) is 2.22. The van der Waals surface area contributed by atoms with E-state index in [1.54, 1.807) is 0 Å². The van der Waals surface area contributed by atoms with Crippen molar-refractivity contribution in [2.75, 3.05) is 11.5 Å². The van der Waals surface area contributed by atoms with Crippen molar-refractivity contribution in [3.05, 3.63) is 46.0 Å². The summed E-state index contributed by atoms with van der Waals surface area (Å²) in [4.78, 5) is 29.8. The van der Waals surface area contributed by atoms with Gasteiger partial charge < -0.3 is 11.5 Å². The molecule has 2 aromatic rings. The molecule has 0 radical (unpaired) electrons. The summed E-state index contributed by atoms with van der Waals surface area (Å²) in [7, 11) is 0. The number of hydrogen-bond acceptors (Lipinski definition) is 8. The molecular weight excluding hydrogens is 282 g/mol. The standard InChI is InChI=1S/C11H9N5O3S/c12-8-5-9(13)15-11(14-8)20-10(17)6-2-1-3-7(4-6)16(18)19/h1-5H,(H4,12,13,14,15). The number of carbonyl (C=O) groups is 1.